The van der Waals surface area contributed by atoms with Gasteiger partial charge in [0.25, 0.3) is 0 Å². The third-order valence-electron chi connectivity index (χ3n) is 2.99. The lowest BCUT2D eigenvalue weighted by Crippen LogP contribution is -2.17. The molecule has 0 aromatic heterocycles. The van der Waals surface area contributed by atoms with Crippen molar-refractivity contribution in [2.75, 3.05) is 6.61 Å². The molecule has 0 aliphatic rings. The summed E-state index contributed by atoms with van der Waals surface area (Å²) in [5, 5.41) is 8.78. The highest BCUT2D eigenvalue weighted by atomic mass is 16.5. The van der Waals surface area contributed by atoms with Gasteiger partial charge in [-0.05, 0) is 36.8 Å². The SMILES string of the molecule is CC(COc1ccc(OCc2ccccc2)cc1)C(=O)O. The summed E-state index contributed by atoms with van der Waals surface area (Å²) in [5.74, 6) is -0.00975. The number of ether oxygens (including phenoxy) is 2. The zero-order chi connectivity index (χ0) is 15.1. The fraction of sp³-hybridized carbons (Fsp3) is 0.235. The molecule has 1 atom stereocenters. The molecule has 0 amide bonds. The van der Waals surface area contributed by atoms with Crippen LogP contribution in [0.4, 0.5) is 0 Å². The van der Waals surface area contributed by atoms with Gasteiger partial charge in [-0.1, -0.05) is 30.3 Å². The van der Waals surface area contributed by atoms with Crippen molar-refractivity contribution in [1.82, 2.24) is 0 Å². The van der Waals surface area contributed by atoms with Crippen molar-refractivity contribution in [3.05, 3.63) is 60.2 Å². The first-order valence-electron chi connectivity index (χ1n) is 6.77. The van der Waals surface area contributed by atoms with Crippen LogP contribution < -0.4 is 9.47 Å². The highest BCUT2D eigenvalue weighted by molar-refractivity contribution is 5.69. The number of hydrogen-bond acceptors (Lipinski definition) is 3. The lowest BCUT2D eigenvalue weighted by atomic mass is 10.2. The van der Waals surface area contributed by atoms with E-state index in [4.69, 9.17) is 14.6 Å². The number of hydrogen-bond donors (Lipinski definition) is 1. The topological polar surface area (TPSA) is 55.8 Å². The summed E-state index contributed by atoms with van der Waals surface area (Å²) < 4.78 is 11.1. The fourth-order valence-electron chi connectivity index (χ4n) is 1.67. The second kappa shape index (κ2) is 7.33. The summed E-state index contributed by atoms with van der Waals surface area (Å²) in [6.45, 7) is 2.27. The number of benzene rings is 2. The molecular formula is C17H18O4. The summed E-state index contributed by atoms with van der Waals surface area (Å²) in [6, 6.07) is 17.1. The van der Waals surface area contributed by atoms with Crippen LogP contribution in [0.5, 0.6) is 11.5 Å². The van der Waals surface area contributed by atoms with Crippen molar-refractivity contribution in [2.45, 2.75) is 13.5 Å². The highest BCUT2D eigenvalue weighted by Gasteiger charge is 2.11. The molecule has 4 nitrogen and oxygen atoms in total. The average Bonchev–Trinajstić information content (AvgIpc) is 2.52. The van der Waals surface area contributed by atoms with Crippen LogP contribution in [0.1, 0.15) is 12.5 Å². The monoisotopic (exact) mass is 286 g/mol. The molecule has 0 radical (unpaired) electrons. The maximum atomic E-state index is 10.7. The molecule has 0 fully saturated rings. The number of carboxylic acid groups (broad SMARTS) is 1. The van der Waals surface area contributed by atoms with E-state index in [9.17, 15) is 4.79 Å². The van der Waals surface area contributed by atoms with E-state index < -0.39 is 11.9 Å². The van der Waals surface area contributed by atoms with Gasteiger partial charge in [0.15, 0.2) is 0 Å². The Labute approximate surface area is 123 Å². The van der Waals surface area contributed by atoms with Crippen molar-refractivity contribution < 1.29 is 19.4 Å². The summed E-state index contributed by atoms with van der Waals surface area (Å²) in [7, 11) is 0. The number of carbonyl (C=O) groups is 1. The number of aliphatic carboxylic acids is 1. The van der Waals surface area contributed by atoms with E-state index >= 15 is 0 Å². The van der Waals surface area contributed by atoms with Gasteiger partial charge in [0, 0.05) is 0 Å². The summed E-state index contributed by atoms with van der Waals surface area (Å²) >= 11 is 0. The quantitative estimate of drug-likeness (QED) is 0.848. The lowest BCUT2D eigenvalue weighted by molar-refractivity contribution is -0.142. The first-order valence-corrected chi connectivity index (χ1v) is 6.77. The zero-order valence-electron chi connectivity index (χ0n) is 11.9. The Morgan fingerprint density at radius 2 is 1.57 bits per heavy atom. The molecule has 2 aromatic rings. The normalized spacial score (nSPS) is 11.7. The first kappa shape index (κ1) is 14.9. The van der Waals surface area contributed by atoms with Gasteiger partial charge in [-0.15, -0.1) is 0 Å². The van der Waals surface area contributed by atoms with Gasteiger partial charge in [-0.2, -0.15) is 0 Å². The minimum absolute atomic E-state index is 0.152. The molecule has 2 aromatic carbocycles. The zero-order valence-corrected chi connectivity index (χ0v) is 11.9. The predicted octanol–water partition coefficient (Wildman–Crippen LogP) is 3.37. The van der Waals surface area contributed by atoms with Crippen molar-refractivity contribution in [1.29, 1.82) is 0 Å². The Bertz CT molecular complexity index is 563. The van der Waals surface area contributed by atoms with Crippen molar-refractivity contribution >= 4 is 5.97 Å². The molecule has 0 heterocycles. The summed E-state index contributed by atoms with van der Waals surface area (Å²) in [6.07, 6.45) is 0. The Morgan fingerprint density at radius 3 is 2.14 bits per heavy atom. The number of carboxylic acids is 1. The van der Waals surface area contributed by atoms with E-state index in [1.165, 1.54) is 0 Å². The minimum Gasteiger partial charge on any atom is -0.493 e. The molecule has 0 bridgehead atoms. The largest absolute Gasteiger partial charge is 0.493 e. The maximum absolute atomic E-state index is 10.7. The van der Waals surface area contributed by atoms with Crippen LogP contribution in [0.15, 0.2) is 54.6 Å². The van der Waals surface area contributed by atoms with E-state index in [0.717, 1.165) is 11.3 Å². The molecular weight excluding hydrogens is 268 g/mol. The van der Waals surface area contributed by atoms with Crippen molar-refractivity contribution in [2.24, 2.45) is 5.92 Å². The third-order valence-corrected chi connectivity index (χ3v) is 2.99. The van der Waals surface area contributed by atoms with Crippen molar-refractivity contribution in [3.8, 4) is 11.5 Å². The Hall–Kier alpha value is -2.49. The maximum Gasteiger partial charge on any atom is 0.309 e. The molecule has 0 aliphatic carbocycles. The van der Waals surface area contributed by atoms with E-state index in [-0.39, 0.29) is 6.61 Å². The van der Waals surface area contributed by atoms with Gasteiger partial charge < -0.3 is 14.6 Å². The van der Waals surface area contributed by atoms with Crippen molar-refractivity contribution in [3.63, 3.8) is 0 Å². The van der Waals surface area contributed by atoms with Crippen LogP contribution in [0, 0.1) is 5.92 Å². The van der Waals surface area contributed by atoms with Gasteiger partial charge >= 0.3 is 5.97 Å². The fourth-order valence-corrected chi connectivity index (χ4v) is 1.67. The molecule has 2 rings (SSSR count). The van der Waals surface area contributed by atoms with Crippen LogP contribution in [0.3, 0.4) is 0 Å². The second-order valence-electron chi connectivity index (χ2n) is 4.80. The molecule has 0 saturated carbocycles. The molecule has 0 saturated heterocycles. The smallest absolute Gasteiger partial charge is 0.309 e. The van der Waals surface area contributed by atoms with E-state index in [0.29, 0.717) is 12.4 Å². The average molecular weight is 286 g/mol. The van der Waals surface area contributed by atoms with Crippen LogP contribution in [0.2, 0.25) is 0 Å². The standard InChI is InChI=1S/C17H18O4/c1-13(17(18)19)11-20-15-7-9-16(10-8-15)21-12-14-5-3-2-4-6-14/h2-10,13H,11-12H2,1H3,(H,18,19). The summed E-state index contributed by atoms with van der Waals surface area (Å²) in [4.78, 5) is 10.7. The Kier molecular flexibility index (Phi) is 5.21. The van der Waals surface area contributed by atoms with Crippen LogP contribution in [0.25, 0.3) is 0 Å². The molecule has 1 unspecified atom stereocenters. The Morgan fingerprint density at radius 1 is 1.00 bits per heavy atom. The van der Waals surface area contributed by atoms with E-state index in [2.05, 4.69) is 0 Å². The molecule has 110 valence electrons. The highest BCUT2D eigenvalue weighted by Crippen LogP contribution is 2.19. The lowest BCUT2D eigenvalue weighted by Gasteiger charge is -2.10. The molecule has 0 spiro atoms. The molecule has 0 aliphatic heterocycles. The third kappa shape index (κ3) is 4.84. The number of rotatable bonds is 7. The molecule has 21 heavy (non-hydrogen) atoms. The Balaban J connectivity index is 1.83. The van der Waals surface area contributed by atoms with Crippen LogP contribution >= 0.6 is 0 Å². The van der Waals surface area contributed by atoms with E-state index in [1.807, 2.05) is 42.5 Å². The van der Waals surface area contributed by atoms with Gasteiger partial charge in [-0.3, -0.25) is 4.79 Å². The summed E-state index contributed by atoms with van der Waals surface area (Å²) in [5.41, 5.74) is 1.10. The van der Waals surface area contributed by atoms with Gasteiger partial charge in [0.1, 0.15) is 24.7 Å². The molecule has 4 heteroatoms. The predicted molar refractivity (Wildman–Crippen MR) is 79.5 cm³/mol. The second-order valence-corrected chi connectivity index (χ2v) is 4.80. The van der Waals surface area contributed by atoms with Gasteiger partial charge in [0.05, 0.1) is 5.92 Å². The van der Waals surface area contributed by atoms with Crippen LogP contribution in [-0.2, 0) is 11.4 Å². The van der Waals surface area contributed by atoms with E-state index in [1.54, 1.807) is 19.1 Å². The first-order chi connectivity index (χ1) is 10.1. The van der Waals surface area contributed by atoms with Gasteiger partial charge in [-0.25, -0.2) is 0 Å². The van der Waals surface area contributed by atoms with Gasteiger partial charge in [0.2, 0.25) is 0 Å². The molecule has 1 N–H and O–H groups in total. The minimum atomic E-state index is -0.863. The van der Waals surface area contributed by atoms with Crippen LogP contribution in [-0.4, -0.2) is 17.7 Å².